The van der Waals surface area contributed by atoms with Crippen LogP contribution in [0.1, 0.15) is 23.0 Å². The highest BCUT2D eigenvalue weighted by atomic mass is 16.5. The fourth-order valence-corrected chi connectivity index (χ4v) is 2.36. The van der Waals surface area contributed by atoms with E-state index in [2.05, 4.69) is 10.4 Å². The number of benzene rings is 1. The first-order valence-corrected chi connectivity index (χ1v) is 7.08. The van der Waals surface area contributed by atoms with Crippen LogP contribution in [-0.2, 0) is 13.1 Å². The van der Waals surface area contributed by atoms with Crippen molar-refractivity contribution in [2.75, 3.05) is 7.11 Å². The molecule has 0 fully saturated rings. The van der Waals surface area contributed by atoms with Crippen molar-refractivity contribution in [1.29, 1.82) is 0 Å². The lowest BCUT2D eigenvalue weighted by Crippen LogP contribution is -2.22. The number of fused-ring (bicyclic) bond motifs is 1. The van der Waals surface area contributed by atoms with Crippen LogP contribution in [0.4, 0.5) is 0 Å². The van der Waals surface area contributed by atoms with Crippen LogP contribution in [0, 0.1) is 0 Å². The summed E-state index contributed by atoms with van der Waals surface area (Å²) in [5.41, 5.74) is 1.30. The molecule has 3 aromatic rings. The molecule has 2 heterocycles. The summed E-state index contributed by atoms with van der Waals surface area (Å²) in [6.07, 6.45) is 1.58. The predicted molar refractivity (Wildman–Crippen MR) is 81.8 cm³/mol. The Morgan fingerprint density at radius 3 is 2.95 bits per heavy atom. The van der Waals surface area contributed by atoms with Crippen molar-refractivity contribution in [1.82, 2.24) is 15.1 Å². The van der Waals surface area contributed by atoms with E-state index in [4.69, 9.17) is 9.15 Å². The van der Waals surface area contributed by atoms with E-state index in [1.54, 1.807) is 36.3 Å². The highest BCUT2D eigenvalue weighted by molar-refractivity contribution is 5.98. The predicted octanol–water partition coefficient (Wildman–Crippen LogP) is 2.59. The molecule has 22 heavy (non-hydrogen) atoms. The Labute approximate surface area is 127 Å². The molecule has 0 spiro atoms. The van der Waals surface area contributed by atoms with Gasteiger partial charge in [-0.25, -0.2) is 4.68 Å². The van der Waals surface area contributed by atoms with Crippen molar-refractivity contribution in [3.8, 4) is 5.88 Å². The second kappa shape index (κ2) is 5.93. The minimum atomic E-state index is -0.164. The van der Waals surface area contributed by atoms with Gasteiger partial charge in [-0.1, -0.05) is 0 Å². The molecule has 2 aromatic heterocycles. The summed E-state index contributed by atoms with van der Waals surface area (Å²) in [5, 5.41) is 8.16. The van der Waals surface area contributed by atoms with Crippen LogP contribution in [0.25, 0.3) is 10.9 Å². The van der Waals surface area contributed by atoms with Gasteiger partial charge in [-0.3, -0.25) is 4.79 Å². The van der Waals surface area contributed by atoms with E-state index in [-0.39, 0.29) is 5.91 Å². The Bertz CT molecular complexity index is 790. The minimum absolute atomic E-state index is 0.164. The number of rotatable bonds is 5. The molecule has 6 heteroatoms. The number of furan rings is 1. The van der Waals surface area contributed by atoms with Crippen molar-refractivity contribution < 1.29 is 13.9 Å². The number of methoxy groups -OCH3 is 1. The van der Waals surface area contributed by atoms with Gasteiger partial charge in [0.15, 0.2) is 0 Å². The van der Waals surface area contributed by atoms with Crippen molar-refractivity contribution in [3.05, 3.63) is 47.9 Å². The van der Waals surface area contributed by atoms with E-state index in [0.29, 0.717) is 30.3 Å². The van der Waals surface area contributed by atoms with E-state index >= 15 is 0 Å². The molecule has 1 amide bonds. The summed E-state index contributed by atoms with van der Waals surface area (Å²) in [6, 6.07) is 9.00. The number of amides is 1. The standard InChI is InChI=1S/C16H17N3O3/c1-3-19-16(21-2)13-7-6-11(9-14(13)18-19)15(20)17-10-12-5-4-8-22-12/h4-9H,3,10H2,1-2H3,(H,17,20). The molecule has 0 aliphatic heterocycles. The van der Waals surface area contributed by atoms with Crippen molar-refractivity contribution in [3.63, 3.8) is 0 Å². The molecule has 114 valence electrons. The molecule has 1 aromatic carbocycles. The molecule has 6 nitrogen and oxygen atoms in total. The first-order valence-electron chi connectivity index (χ1n) is 7.08. The van der Waals surface area contributed by atoms with Gasteiger partial charge in [-0.2, -0.15) is 5.10 Å². The topological polar surface area (TPSA) is 69.3 Å². The largest absolute Gasteiger partial charge is 0.481 e. The average molecular weight is 299 g/mol. The van der Waals surface area contributed by atoms with Crippen LogP contribution in [0.5, 0.6) is 5.88 Å². The van der Waals surface area contributed by atoms with Gasteiger partial charge in [-0.05, 0) is 37.3 Å². The van der Waals surface area contributed by atoms with Crippen molar-refractivity contribution in [2.45, 2.75) is 20.0 Å². The lowest BCUT2D eigenvalue weighted by atomic mass is 10.1. The Morgan fingerprint density at radius 2 is 2.27 bits per heavy atom. The zero-order valence-electron chi connectivity index (χ0n) is 12.5. The SMILES string of the molecule is CCn1nc2cc(C(=O)NCc3ccco3)ccc2c1OC. The van der Waals surface area contributed by atoms with Gasteiger partial charge in [-0.15, -0.1) is 0 Å². The van der Waals surface area contributed by atoms with Gasteiger partial charge >= 0.3 is 0 Å². The number of carbonyl (C=O) groups excluding carboxylic acids is 1. The van der Waals surface area contributed by atoms with Crippen molar-refractivity contribution in [2.24, 2.45) is 0 Å². The highest BCUT2D eigenvalue weighted by Crippen LogP contribution is 2.26. The summed E-state index contributed by atoms with van der Waals surface area (Å²) < 4.78 is 12.3. The van der Waals surface area contributed by atoms with E-state index in [9.17, 15) is 4.79 Å². The van der Waals surface area contributed by atoms with E-state index < -0.39 is 0 Å². The highest BCUT2D eigenvalue weighted by Gasteiger charge is 2.13. The number of hydrogen-bond donors (Lipinski definition) is 1. The zero-order valence-corrected chi connectivity index (χ0v) is 12.5. The monoisotopic (exact) mass is 299 g/mol. The van der Waals surface area contributed by atoms with Gasteiger partial charge in [0.05, 0.1) is 30.8 Å². The molecule has 0 saturated heterocycles. The maximum absolute atomic E-state index is 12.2. The van der Waals surface area contributed by atoms with Gasteiger partial charge in [0, 0.05) is 12.1 Å². The molecule has 0 radical (unpaired) electrons. The van der Waals surface area contributed by atoms with E-state index in [0.717, 1.165) is 10.9 Å². The summed E-state index contributed by atoms with van der Waals surface area (Å²) in [5.74, 6) is 1.26. The second-order valence-electron chi connectivity index (χ2n) is 4.82. The third kappa shape index (κ3) is 2.55. The second-order valence-corrected chi connectivity index (χ2v) is 4.82. The summed E-state index contributed by atoms with van der Waals surface area (Å²) in [6.45, 7) is 3.06. The smallest absolute Gasteiger partial charge is 0.251 e. The Morgan fingerprint density at radius 1 is 1.41 bits per heavy atom. The first kappa shape index (κ1) is 14.2. The lowest BCUT2D eigenvalue weighted by molar-refractivity contribution is 0.0948. The number of aryl methyl sites for hydroxylation is 1. The number of nitrogens with one attached hydrogen (secondary N) is 1. The average Bonchev–Trinajstić information content (AvgIpc) is 3.18. The van der Waals surface area contributed by atoms with Gasteiger partial charge in [0.25, 0.3) is 5.91 Å². The number of nitrogens with zero attached hydrogens (tertiary/aromatic N) is 2. The summed E-state index contributed by atoms with van der Waals surface area (Å²) in [7, 11) is 1.62. The van der Waals surface area contributed by atoms with E-state index in [1.807, 2.05) is 19.1 Å². The number of carbonyl (C=O) groups is 1. The van der Waals surface area contributed by atoms with E-state index in [1.165, 1.54) is 0 Å². The normalized spacial score (nSPS) is 10.8. The number of aromatic nitrogens is 2. The molecule has 1 N–H and O–H groups in total. The van der Waals surface area contributed by atoms with Gasteiger partial charge in [0.2, 0.25) is 5.88 Å². The maximum Gasteiger partial charge on any atom is 0.251 e. The number of ether oxygens (including phenoxy) is 1. The van der Waals surface area contributed by atoms with Crippen LogP contribution in [0.2, 0.25) is 0 Å². The molecule has 0 atom stereocenters. The van der Waals surface area contributed by atoms with Gasteiger partial charge < -0.3 is 14.5 Å². The quantitative estimate of drug-likeness (QED) is 0.786. The van der Waals surface area contributed by atoms with Crippen LogP contribution >= 0.6 is 0 Å². The third-order valence-corrected chi connectivity index (χ3v) is 3.45. The fraction of sp³-hybridized carbons (Fsp3) is 0.250. The Hall–Kier alpha value is -2.76. The molecule has 0 saturated carbocycles. The summed E-state index contributed by atoms with van der Waals surface area (Å²) in [4.78, 5) is 12.2. The third-order valence-electron chi connectivity index (χ3n) is 3.45. The molecule has 0 aliphatic carbocycles. The summed E-state index contributed by atoms with van der Waals surface area (Å²) >= 11 is 0. The zero-order chi connectivity index (χ0) is 15.5. The maximum atomic E-state index is 12.2. The fourth-order valence-electron chi connectivity index (χ4n) is 2.36. The molecular weight excluding hydrogens is 282 g/mol. The molecule has 0 unspecified atom stereocenters. The minimum Gasteiger partial charge on any atom is -0.481 e. The van der Waals surface area contributed by atoms with Crippen LogP contribution < -0.4 is 10.1 Å². The Kier molecular flexibility index (Phi) is 3.82. The first-order chi connectivity index (χ1) is 10.7. The lowest BCUT2D eigenvalue weighted by Gasteiger charge is -2.03. The van der Waals surface area contributed by atoms with Crippen LogP contribution in [-0.4, -0.2) is 22.8 Å². The van der Waals surface area contributed by atoms with Gasteiger partial charge in [0.1, 0.15) is 5.76 Å². The number of hydrogen-bond acceptors (Lipinski definition) is 4. The van der Waals surface area contributed by atoms with Crippen LogP contribution in [0.15, 0.2) is 41.0 Å². The Balaban J connectivity index is 1.83. The molecule has 0 bridgehead atoms. The molecule has 3 rings (SSSR count). The van der Waals surface area contributed by atoms with Crippen molar-refractivity contribution >= 4 is 16.8 Å². The van der Waals surface area contributed by atoms with Crippen LogP contribution in [0.3, 0.4) is 0 Å². The molecule has 0 aliphatic rings. The molecular formula is C16H17N3O3.